The van der Waals surface area contributed by atoms with Gasteiger partial charge in [-0.3, -0.25) is 9.36 Å². The Balaban J connectivity index is 1.67. The third-order valence-corrected chi connectivity index (χ3v) is 4.46. The second-order valence-corrected chi connectivity index (χ2v) is 6.59. The zero-order chi connectivity index (χ0) is 19.7. The Bertz CT molecular complexity index is 1220. The van der Waals surface area contributed by atoms with Crippen molar-refractivity contribution in [1.82, 2.24) is 4.57 Å². The fourth-order valence-corrected chi connectivity index (χ4v) is 3.05. The van der Waals surface area contributed by atoms with Crippen LogP contribution in [0.15, 0.2) is 75.9 Å². The lowest BCUT2D eigenvalue weighted by atomic mass is 10.1. The number of benzene rings is 3. The number of nitrogens with one attached hydrogen (secondary N) is 1. The van der Waals surface area contributed by atoms with Gasteiger partial charge in [0.25, 0.3) is 5.91 Å². The van der Waals surface area contributed by atoms with E-state index in [2.05, 4.69) is 5.32 Å². The zero-order valence-corrected chi connectivity index (χ0v) is 15.1. The van der Waals surface area contributed by atoms with Crippen LogP contribution in [0.25, 0.3) is 11.1 Å². The monoisotopic (exact) mass is 376 g/mol. The van der Waals surface area contributed by atoms with Crippen LogP contribution in [0.3, 0.4) is 0 Å². The van der Waals surface area contributed by atoms with Gasteiger partial charge >= 0.3 is 5.76 Å². The van der Waals surface area contributed by atoms with Crippen LogP contribution in [-0.2, 0) is 6.54 Å². The van der Waals surface area contributed by atoms with E-state index in [0.29, 0.717) is 22.4 Å². The maximum atomic E-state index is 13.1. The first kappa shape index (κ1) is 17.7. The Morgan fingerprint density at radius 2 is 1.86 bits per heavy atom. The second kappa shape index (κ2) is 7.15. The second-order valence-electron chi connectivity index (χ2n) is 6.59. The van der Waals surface area contributed by atoms with Crippen molar-refractivity contribution in [3.63, 3.8) is 0 Å². The van der Waals surface area contributed by atoms with Gasteiger partial charge in [-0.05, 0) is 60.5 Å². The molecule has 0 atom stereocenters. The van der Waals surface area contributed by atoms with E-state index >= 15 is 0 Å². The van der Waals surface area contributed by atoms with Crippen LogP contribution in [0, 0.1) is 12.7 Å². The van der Waals surface area contributed by atoms with Crippen LogP contribution < -0.4 is 11.1 Å². The number of carbonyl (C=O) groups is 1. The van der Waals surface area contributed by atoms with Crippen LogP contribution in [0.5, 0.6) is 0 Å². The van der Waals surface area contributed by atoms with E-state index in [9.17, 15) is 14.0 Å². The molecule has 0 saturated heterocycles. The third kappa shape index (κ3) is 3.57. The zero-order valence-electron chi connectivity index (χ0n) is 15.1. The van der Waals surface area contributed by atoms with Gasteiger partial charge in [0.2, 0.25) is 0 Å². The predicted octanol–water partition coefficient (Wildman–Crippen LogP) is 4.34. The van der Waals surface area contributed by atoms with Crippen molar-refractivity contribution in [2.75, 3.05) is 5.32 Å². The number of hydrogen-bond acceptors (Lipinski definition) is 3. The Labute approximate surface area is 160 Å². The minimum atomic E-state index is -0.532. The highest BCUT2D eigenvalue weighted by atomic mass is 19.1. The first-order chi connectivity index (χ1) is 13.5. The molecule has 0 aliphatic carbocycles. The number of nitrogens with zero attached hydrogens (tertiary/aromatic N) is 1. The largest absolute Gasteiger partial charge is 0.420 e. The first-order valence-electron chi connectivity index (χ1n) is 8.75. The summed E-state index contributed by atoms with van der Waals surface area (Å²) in [5.41, 5.74) is 3.78. The number of fused-ring (bicyclic) bond motifs is 1. The molecule has 0 unspecified atom stereocenters. The van der Waals surface area contributed by atoms with Gasteiger partial charge < -0.3 is 9.73 Å². The van der Waals surface area contributed by atoms with Crippen molar-refractivity contribution >= 4 is 22.7 Å². The minimum absolute atomic E-state index is 0.217. The van der Waals surface area contributed by atoms with E-state index in [0.717, 1.165) is 11.1 Å². The summed E-state index contributed by atoms with van der Waals surface area (Å²) < 4.78 is 19.8. The van der Waals surface area contributed by atoms with E-state index < -0.39 is 5.76 Å². The molecule has 1 aromatic heterocycles. The molecule has 0 spiro atoms. The number of rotatable bonds is 4. The smallest absolute Gasteiger partial charge is 0.408 e. The van der Waals surface area contributed by atoms with Gasteiger partial charge in [0.15, 0.2) is 5.58 Å². The number of carbonyl (C=O) groups excluding carboxylic acids is 1. The van der Waals surface area contributed by atoms with Crippen molar-refractivity contribution in [3.05, 3.63) is 99.8 Å². The van der Waals surface area contributed by atoms with Gasteiger partial charge in [-0.15, -0.1) is 0 Å². The number of oxazole rings is 1. The van der Waals surface area contributed by atoms with Gasteiger partial charge in [-0.25, -0.2) is 9.18 Å². The number of anilines is 1. The Kier molecular flexibility index (Phi) is 4.53. The molecule has 4 rings (SSSR count). The molecule has 1 amide bonds. The van der Waals surface area contributed by atoms with Crippen molar-refractivity contribution in [1.29, 1.82) is 0 Å². The fourth-order valence-electron chi connectivity index (χ4n) is 3.05. The van der Waals surface area contributed by atoms with E-state index in [1.165, 1.54) is 16.7 Å². The van der Waals surface area contributed by atoms with Gasteiger partial charge in [-0.2, -0.15) is 0 Å². The molecule has 5 nitrogen and oxygen atoms in total. The summed E-state index contributed by atoms with van der Waals surface area (Å²) in [6, 6.07) is 18.2. The first-order valence-corrected chi connectivity index (χ1v) is 8.75. The van der Waals surface area contributed by atoms with Gasteiger partial charge in [0, 0.05) is 11.3 Å². The number of aryl methyl sites for hydroxylation is 1. The molecule has 0 radical (unpaired) electrons. The molecule has 0 aliphatic rings. The molecule has 1 heterocycles. The lowest BCUT2D eigenvalue weighted by Gasteiger charge is -2.07. The topological polar surface area (TPSA) is 64.2 Å². The van der Waals surface area contributed by atoms with E-state index in [-0.39, 0.29) is 18.3 Å². The van der Waals surface area contributed by atoms with E-state index in [1.807, 2.05) is 31.2 Å². The highest BCUT2D eigenvalue weighted by Crippen LogP contribution is 2.18. The number of aromatic nitrogens is 1. The number of hydrogen-bond donors (Lipinski definition) is 1. The Hall–Kier alpha value is -3.67. The van der Waals surface area contributed by atoms with Crippen molar-refractivity contribution < 1.29 is 13.6 Å². The molecule has 1 N–H and O–H groups in total. The lowest BCUT2D eigenvalue weighted by Crippen LogP contribution is -2.15. The summed E-state index contributed by atoms with van der Waals surface area (Å²) in [5.74, 6) is -1.16. The molecule has 6 heteroatoms. The fraction of sp³-hybridized carbons (Fsp3) is 0.0909. The Morgan fingerprint density at radius 3 is 2.61 bits per heavy atom. The molecule has 3 aromatic carbocycles. The molecular formula is C22H17FN2O3. The van der Waals surface area contributed by atoms with Crippen LogP contribution in [0.2, 0.25) is 0 Å². The maximum absolute atomic E-state index is 13.1. The van der Waals surface area contributed by atoms with E-state index in [4.69, 9.17) is 4.42 Å². The molecule has 0 fully saturated rings. The summed E-state index contributed by atoms with van der Waals surface area (Å²) in [4.78, 5) is 24.9. The molecule has 4 aromatic rings. The van der Waals surface area contributed by atoms with Crippen molar-refractivity contribution in [3.8, 4) is 0 Å². The highest BCUT2D eigenvalue weighted by molar-refractivity contribution is 6.05. The molecular weight excluding hydrogens is 359 g/mol. The number of amides is 1. The molecule has 140 valence electrons. The highest BCUT2D eigenvalue weighted by Gasteiger charge is 2.14. The van der Waals surface area contributed by atoms with Crippen LogP contribution in [-0.4, -0.2) is 10.5 Å². The average Bonchev–Trinajstić information content (AvgIpc) is 2.98. The van der Waals surface area contributed by atoms with Crippen LogP contribution in [0.1, 0.15) is 21.5 Å². The maximum Gasteiger partial charge on any atom is 0.420 e. The summed E-state index contributed by atoms with van der Waals surface area (Å²) in [6.45, 7) is 2.16. The van der Waals surface area contributed by atoms with Crippen LogP contribution in [0.4, 0.5) is 10.1 Å². The average molecular weight is 376 g/mol. The predicted molar refractivity (Wildman–Crippen MR) is 105 cm³/mol. The SMILES string of the molecule is Cc1cccc(NC(=O)c2ccc3oc(=O)n(Cc4ccc(F)cc4)c3c2)c1. The summed E-state index contributed by atoms with van der Waals surface area (Å²) in [6.07, 6.45) is 0. The molecule has 0 saturated carbocycles. The summed E-state index contributed by atoms with van der Waals surface area (Å²) in [5, 5.41) is 2.85. The summed E-state index contributed by atoms with van der Waals surface area (Å²) >= 11 is 0. The Morgan fingerprint density at radius 1 is 1.07 bits per heavy atom. The quantitative estimate of drug-likeness (QED) is 0.576. The van der Waals surface area contributed by atoms with Gasteiger partial charge in [-0.1, -0.05) is 24.3 Å². The molecule has 0 bridgehead atoms. The molecule has 28 heavy (non-hydrogen) atoms. The van der Waals surface area contributed by atoms with Gasteiger partial charge in [0.05, 0.1) is 12.1 Å². The standard InChI is InChI=1S/C22H17FN2O3/c1-14-3-2-4-18(11-14)24-21(26)16-7-10-20-19(12-16)25(22(27)28-20)13-15-5-8-17(23)9-6-15/h2-12H,13H2,1H3,(H,24,26). The third-order valence-electron chi connectivity index (χ3n) is 4.46. The molecule has 0 aliphatic heterocycles. The number of halogens is 1. The van der Waals surface area contributed by atoms with Crippen molar-refractivity contribution in [2.24, 2.45) is 0 Å². The van der Waals surface area contributed by atoms with Gasteiger partial charge in [0.1, 0.15) is 5.82 Å². The summed E-state index contributed by atoms with van der Waals surface area (Å²) in [7, 11) is 0. The minimum Gasteiger partial charge on any atom is -0.408 e. The lowest BCUT2D eigenvalue weighted by molar-refractivity contribution is 0.102. The van der Waals surface area contributed by atoms with Crippen LogP contribution >= 0.6 is 0 Å². The van der Waals surface area contributed by atoms with E-state index in [1.54, 1.807) is 30.3 Å². The normalized spacial score (nSPS) is 10.9. The van der Waals surface area contributed by atoms with Crippen molar-refractivity contribution in [2.45, 2.75) is 13.5 Å².